The molecule has 1 saturated heterocycles. The van der Waals surface area contributed by atoms with Crippen molar-refractivity contribution in [3.63, 3.8) is 0 Å². The number of ether oxygens (including phenoxy) is 2. The van der Waals surface area contributed by atoms with Crippen LogP contribution in [0, 0.1) is 0 Å². The Hall–Kier alpha value is -1.80. The molecule has 0 unspecified atom stereocenters. The molecule has 2 aromatic rings. The second-order valence-corrected chi connectivity index (χ2v) is 6.56. The smallest absolute Gasteiger partial charge is 0.187 e. The predicted octanol–water partition coefficient (Wildman–Crippen LogP) is 0.616. The van der Waals surface area contributed by atoms with Crippen LogP contribution in [0.15, 0.2) is 60.7 Å². The number of hydrogen-bond donors (Lipinski definition) is 4. The van der Waals surface area contributed by atoms with E-state index in [1.807, 2.05) is 48.5 Å². The van der Waals surface area contributed by atoms with Gasteiger partial charge in [-0.2, -0.15) is 0 Å². The first kappa shape index (κ1) is 19.0. The highest BCUT2D eigenvalue weighted by Gasteiger charge is 2.54. The number of aliphatic hydroxyl groups excluding tert-OH is 3. The van der Waals surface area contributed by atoms with Crippen LogP contribution in [0.5, 0.6) is 0 Å². The fourth-order valence-corrected chi connectivity index (χ4v) is 3.23. The maximum absolute atomic E-state index is 11.0. The molecule has 5 atom stereocenters. The highest BCUT2D eigenvalue weighted by atomic mass is 16.7. The Labute approximate surface area is 152 Å². The highest BCUT2D eigenvalue weighted by Crippen LogP contribution is 2.33. The molecule has 4 N–H and O–H groups in total. The summed E-state index contributed by atoms with van der Waals surface area (Å²) in [6.45, 7) is -0.344. The largest absolute Gasteiger partial charge is 0.394 e. The third-order valence-corrected chi connectivity index (χ3v) is 4.72. The summed E-state index contributed by atoms with van der Waals surface area (Å²) in [7, 11) is 0. The second kappa shape index (κ2) is 8.26. The van der Waals surface area contributed by atoms with Gasteiger partial charge in [-0.05, 0) is 11.1 Å². The van der Waals surface area contributed by atoms with Gasteiger partial charge in [0.15, 0.2) is 6.29 Å². The first-order valence-corrected chi connectivity index (χ1v) is 8.59. The average Bonchev–Trinajstić information content (AvgIpc) is 2.67. The fraction of sp³-hybridized carbons (Fsp3) is 0.400. The molecule has 0 spiro atoms. The zero-order chi connectivity index (χ0) is 18.6. The van der Waals surface area contributed by atoms with E-state index >= 15 is 0 Å². The summed E-state index contributed by atoms with van der Waals surface area (Å²) < 4.78 is 11.2. The molecule has 0 amide bonds. The Morgan fingerprint density at radius 3 is 2.08 bits per heavy atom. The quantitative estimate of drug-likeness (QED) is 0.603. The SMILES string of the molecule is OC[C@H]1O[C@H](OCc2ccccc2)[C@@H](O)[C@@H](O)[C@@]1(O)Cc1ccccc1. The van der Waals surface area contributed by atoms with Crippen molar-refractivity contribution in [3.8, 4) is 0 Å². The van der Waals surface area contributed by atoms with Crippen LogP contribution in [-0.4, -0.2) is 57.2 Å². The summed E-state index contributed by atoms with van der Waals surface area (Å²) >= 11 is 0. The van der Waals surface area contributed by atoms with Gasteiger partial charge >= 0.3 is 0 Å². The average molecular weight is 360 g/mol. The monoisotopic (exact) mass is 360 g/mol. The van der Waals surface area contributed by atoms with Crippen molar-refractivity contribution in [1.82, 2.24) is 0 Å². The molecule has 2 aromatic carbocycles. The number of rotatable bonds is 6. The number of hydrogen-bond acceptors (Lipinski definition) is 6. The Morgan fingerprint density at radius 1 is 0.923 bits per heavy atom. The third-order valence-electron chi connectivity index (χ3n) is 4.72. The maximum atomic E-state index is 11.0. The minimum atomic E-state index is -1.83. The van der Waals surface area contributed by atoms with Crippen LogP contribution in [-0.2, 0) is 22.5 Å². The van der Waals surface area contributed by atoms with Crippen LogP contribution in [0.4, 0.5) is 0 Å². The molecule has 6 heteroatoms. The number of aliphatic hydroxyl groups is 4. The van der Waals surface area contributed by atoms with Crippen molar-refractivity contribution in [3.05, 3.63) is 71.8 Å². The molecule has 3 rings (SSSR count). The van der Waals surface area contributed by atoms with Crippen LogP contribution in [0.1, 0.15) is 11.1 Å². The van der Waals surface area contributed by atoms with Gasteiger partial charge in [0.1, 0.15) is 23.9 Å². The fourth-order valence-electron chi connectivity index (χ4n) is 3.23. The van der Waals surface area contributed by atoms with Gasteiger partial charge in [-0.1, -0.05) is 60.7 Å². The van der Waals surface area contributed by atoms with Crippen LogP contribution in [0.3, 0.4) is 0 Å². The lowest BCUT2D eigenvalue weighted by Gasteiger charge is -2.47. The molecule has 1 heterocycles. The normalized spacial score (nSPS) is 31.7. The van der Waals surface area contributed by atoms with Crippen LogP contribution >= 0.6 is 0 Å². The van der Waals surface area contributed by atoms with Gasteiger partial charge in [-0.15, -0.1) is 0 Å². The van der Waals surface area contributed by atoms with E-state index in [1.165, 1.54) is 0 Å². The van der Waals surface area contributed by atoms with Gasteiger partial charge in [0, 0.05) is 6.42 Å². The zero-order valence-electron chi connectivity index (χ0n) is 14.3. The van der Waals surface area contributed by atoms with E-state index in [2.05, 4.69) is 0 Å². The molecule has 26 heavy (non-hydrogen) atoms. The molecule has 0 aromatic heterocycles. The molecular weight excluding hydrogens is 336 g/mol. The molecule has 1 fully saturated rings. The maximum Gasteiger partial charge on any atom is 0.187 e. The predicted molar refractivity (Wildman–Crippen MR) is 94.1 cm³/mol. The van der Waals surface area contributed by atoms with Gasteiger partial charge in [0.25, 0.3) is 0 Å². The van der Waals surface area contributed by atoms with Crippen molar-refractivity contribution >= 4 is 0 Å². The topological polar surface area (TPSA) is 99.4 Å². The molecule has 1 aliphatic rings. The summed E-state index contributed by atoms with van der Waals surface area (Å²) in [5.74, 6) is 0. The summed E-state index contributed by atoms with van der Waals surface area (Å²) in [5, 5.41) is 41.6. The van der Waals surface area contributed by atoms with Gasteiger partial charge in [0.05, 0.1) is 13.2 Å². The minimum Gasteiger partial charge on any atom is -0.394 e. The van der Waals surface area contributed by atoms with E-state index in [1.54, 1.807) is 12.1 Å². The van der Waals surface area contributed by atoms with Crippen molar-refractivity contribution in [2.24, 2.45) is 0 Å². The molecule has 0 aliphatic carbocycles. The summed E-state index contributed by atoms with van der Waals surface area (Å²) in [6, 6.07) is 18.4. The minimum absolute atomic E-state index is 0.0305. The molecule has 140 valence electrons. The second-order valence-electron chi connectivity index (χ2n) is 6.56. The van der Waals surface area contributed by atoms with E-state index in [0.717, 1.165) is 11.1 Å². The van der Waals surface area contributed by atoms with Crippen LogP contribution < -0.4 is 0 Å². The third kappa shape index (κ3) is 3.96. The van der Waals surface area contributed by atoms with Crippen molar-refractivity contribution in [2.45, 2.75) is 43.2 Å². The van der Waals surface area contributed by atoms with Gasteiger partial charge < -0.3 is 29.9 Å². The van der Waals surface area contributed by atoms with E-state index in [0.29, 0.717) is 0 Å². The van der Waals surface area contributed by atoms with E-state index in [4.69, 9.17) is 9.47 Å². The van der Waals surface area contributed by atoms with E-state index in [-0.39, 0.29) is 13.0 Å². The van der Waals surface area contributed by atoms with Crippen LogP contribution in [0.25, 0.3) is 0 Å². The first-order chi connectivity index (χ1) is 12.5. The molecule has 0 radical (unpaired) electrons. The molecule has 0 saturated carbocycles. The van der Waals surface area contributed by atoms with Crippen molar-refractivity contribution in [2.75, 3.05) is 6.61 Å². The molecule has 0 bridgehead atoms. The Morgan fingerprint density at radius 2 is 1.50 bits per heavy atom. The number of benzene rings is 2. The Balaban J connectivity index is 1.72. The summed E-state index contributed by atoms with van der Waals surface area (Å²) in [6.07, 6.45) is -5.20. The van der Waals surface area contributed by atoms with Crippen molar-refractivity contribution < 1.29 is 29.9 Å². The lowest BCUT2D eigenvalue weighted by atomic mass is 9.79. The molecule has 6 nitrogen and oxygen atoms in total. The Kier molecular flexibility index (Phi) is 6.03. The lowest BCUT2D eigenvalue weighted by Crippen LogP contribution is -2.68. The first-order valence-electron chi connectivity index (χ1n) is 8.59. The van der Waals surface area contributed by atoms with E-state index < -0.39 is 36.8 Å². The summed E-state index contributed by atoms with van der Waals surface area (Å²) in [4.78, 5) is 0. The van der Waals surface area contributed by atoms with Gasteiger partial charge in [-0.3, -0.25) is 0 Å². The van der Waals surface area contributed by atoms with Crippen molar-refractivity contribution in [1.29, 1.82) is 0 Å². The highest BCUT2D eigenvalue weighted by molar-refractivity contribution is 5.20. The van der Waals surface area contributed by atoms with Gasteiger partial charge in [0.2, 0.25) is 0 Å². The lowest BCUT2D eigenvalue weighted by molar-refractivity contribution is -0.333. The zero-order valence-corrected chi connectivity index (χ0v) is 14.3. The van der Waals surface area contributed by atoms with Gasteiger partial charge in [-0.25, -0.2) is 0 Å². The molecule has 1 aliphatic heterocycles. The Bertz CT molecular complexity index is 675. The molecular formula is C20H24O6. The standard InChI is InChI=1S/C20H24O6/c21-12-16-20(24,11-14-7-3-1-4-8-14)18(23)17(22)19(26-16)25-13-15-9-5-2-6-10-15/h1-10,16-19,21-24H,11-13H2/t16-,17+,18-,19+,20-/m1/s1. The van der Waals surface area contributed by atoms with Crippen LogP contribution in [0.2, 0.25) is 0 Å². The summed E-state index contributed by atoms with van der Waals surface area (Å²) in [5.41, 5.74) is -0.197. The van der Waals surface area contributed by atoms with E-state index in [9.17, 15) is 20.4 Å².